The van der Waals surface area contributed by atoms with Gasteiger partial charge in [0.15, 0.2) is 0 Å². The topological polar surface area (TPSA) is 64.3 Å². The third-order valence-corrected chi connectivity index (χ3v) is 3.00. The van der Waals surface area contributed by atoms with Crippen LogP contribution < -0.4 is 11.1 Å². The summed E-state index contributed by atoms with van der Waals surface area (Å²) in [6.07, 6.45) is 0.913. The van der Waals surface area contributed by atoms with Crippen molar-refractivity contribution in [2.45, 2.75) is 20.3 Å². The molecule has 0 saturated carbocycles. The van der Waals surface area contributed by atoms with Crippen LogP contribution in [-0.4, -0.2) is 19.1 Å². The normalized spacial score (nSPS) is 10.8. The van der Waals surface area contributed by atoms with Crippen molar-refractivity contribution in [1.29, 1.82) is 0 Å². The number of anilines is 2. The van der Waals surface area contributed by atoms with E-state index in [-0.39, 0.29) is 12.5 Å². The van der Waals surface area contributed by atoms with Crippen LogP contribution in [0.15, 0.2) is 12.1 Å². The van der Waals surface area contributed by atoms with Gasteiger partial charge >= 0.3 is 0 Å². The van der Waals surface area contributed by atoms with Crippen molar-refractivity contribution in [3.05, 3.63) is 22.2 Å². The molecule has 1 amide bonds. The number of carbonyl (C=O) groups is 1. The molecule has 106 valence electrons. The summed E-state index contributed by atoms with van der Waals surface area (Å²) in [5.74, 6) is 0.251. The molecule has 0 aliphatic carbocycles. The molecule has 4 nitrogen and oxygen atoms in total. The van der Waals surface area contributed by atoms with Crippen LogP contribution in [0.1, 0.15) is 20.3 Å². The molecule has 19 heavy (non-hydrogen) atoms. The molecule has 0 aliphatic rings. The smallest absolute Gasteiger partial charge is 0.250 e. The Morgan fingerprint density at radius 2 is 1.95 bits per heavy atom. The Labute approximate surface area is 123 Å². The van der Waals surface area contributed by atoms with Gasteiger partial charge in [-0.15, -0.1) is 0 Å². The third kappa shape index (κ3) is 5.68. The monoisotopic (exact) mass is 304 g/mol. The highest BCUT2D eigenvalue weighted by molar-refractivity contribution is 6.40. The molecule has 0 spiro atoms. The van der Waals surface area contributed by atoms with Gasteiger partial charge in [0.25, 0.3) is 0 Å². The standard InChI is InChI=1S/C13H18Cl2N2O2/c1-8(2)3-4-19-7-12(18)17-13-10(14)5-9(16)6-11(13)15/h5-6,8H,3-4,7,16H2,1-2H3,(H,17,18). The van der Waals surface area contributed by atoms with Crippen molar-refractivity contribution in [3.63, 3.8) is 0 Å². The van der Waals surface area contributed by atoms with E-state index in [1.807, 2.05) is 0 Å². The van der Waals surface area contributed by atoms with Crippen molar-refractivity contribution >= 4 is 40.5 Å². The Balaban J connectivity index is 2.49. The number of ether oxygens (including phenoxy) is 1. The summed E-state index contributed by atoms with van der Waals surface area (Å²) < 4.78 is 5.26. The summed E-state index contributed by atoms with van der Waals surface area (Å²) in [4.78, 5) is 11.7. The molecule has 1 rings (SSSR count). The van der Waals surface area contributed by atoms with Gasteiger partial charge in [0, 0.05) is 12.3 Å². The fraction of sp³-hybridized carbons (Fsp3) is 0.462. The zero-order chi connectivity index (χ0) is 14.4. The van der Waals surface area contributed by atoms with Crippen molar-refractivity contribution < 1.29 is 9.53 Å². The Kier molecular flexibility index (Phi) is 6.42. The third-order valence-electron chi connectivity index (χ3n) is 2.40. The van der Waals surface area contributed by atoms with E-state index in [1.54, 1.807) is 0 Å². The average molecular weight is 305 g/mol. The van der Waals surface area contributed by atoms with E-state index in [0.29, 0.717) is 33.9 Å². The summed E-state index contributed by atoms with van der Waals surface area (Å²) in [5, 5.41) is 3.22. The summed E-state index contributed by atoms with van der Waals surface area (Å²) in [6.45, 7) is 4.72. The number of rotatable bonds is 6. The van der Waals surface area contributed by atoms with E-state index < -0.39 is 0 Å². The quantitative estimate of drug-likeness (QED) is 0.623. The lowest BCUT2D eigenvalue weighted by Gasteiger charge is -2.11. The minimum absolute atomic E-state index is 0.0241. The van der Waals surface area contributed by atoms with Crippen LogP contribution in [-0.2, 0) is 9.53 Å². The van der Waals surface area contributed by atoms with Gasteiger partial charge in [0.05, 0.1) is 15.7 Å². The molecule has 0 bridgehead atoms. The van der Waals surface area contributed by atoms with Crippen molar-refractivity contribution in [2.75, 3.05) is 24.3 Å². The summed E-state index contributed by atoms with van der Waals surface area (Å²) >= 11 is 11.9. The number of nitrogens with one attached hydrogen (secondary N) is 1. The summed E-state index contributed by atoms with van der Waals surface area (Å²) in [5.41, 5.74) is 6.38. The van der Waals surface area contributed by atoms with Crippen molar-refractivity contribution in [1.82, 2.24) is 0 Å². The lowest BCUT2D eigenvalue weighted by molar-refractivity contribution is -0.120. The van der Waals surface area contributed by atoms with Gasteiger partial charge in [-0.05, 0) is 24.5 Å². The fourth-order valence-electron chi connectivity index (χ4n) is 1.37. The Morgan fingerprint density at radius 1 is 1.37 bits per heavy atom. The van der Waals surface area contributed by atoms with Crippen molar-refractivity contribution in [3.8, 4) is 0 Å². The van der Waals surface area contributed by atoms with Crippen LogP contribution in [0.5, 0.6) is 0 Å². The summed E-state index contributed by atoms with van der Waals surface area (Å²) in [6, 6.07) is 3.06. The van der Waals surface area contributed by atoms with Gasteiger partial charge in [-0.3, -0.25) is 4.79 Å². The van der Waals surface area contributed by atoms with Crippen LogP contribution in [0.25, 0.3) is 0 Å². The lowest BCUT2D eigenvalue weighted by atomic mass is 10.1. The van der Waals surface area contributed by atoms with Gasteiger partial charge in [-0.2, -0.15) is 0 Å². The van der Waals surface area contributed by atoms with E-state index in [9.17, 15) is 4.79 Å². The molecule has 6 heteroatoms. The van der Waals surface area contributed by atoms with E-state index in [1.165, 1.54) is 12.1 Å². The number of amides is 1. The molecule has 0 unspecified atom stereocenters. The number of carbonyl (C=O) groups excluding carboxylic acids is 1. The van der Waals surface area contributed by atoms with E-state index in [4.69, 9.17) is 33.7 Å². The Hall–Kier alpha value is -0.970. The SMILES string of the molecule is CC(C)CCOCC(=O)Nc1c(Cl)cc(N)cc1Cl. The number of halogens is 2. The van der Waals surface area contributed by atoms with Crippen LogP contribution in [0, 0.1) is 5.92 Å². The molecular formula is C13H18Cl2N2O2. The number of nitrogen functional groups attached to an aromatic ring is 1. The fourth-order valence-corrected chi connectivity index (χ4v) is 1.97. The van der Waals surface area contributed by atoms with Gasteiger partial charge in [0.2, 0.25) is 5.91 Å². The molecule has 0 saturated heterocycles. The number of hydrogen-bond acceptors (Lipinski definition) is 3. The highest BCUT2D eigenvalue weighted by Gasteiger charge is 2.11. The van der Waals surface area contributed by atoms with Crippen LogP contribution in [0.4, 0.5) is 11.4 Å². The first kappa shape index (κ1) is 16.1. The highest BCUT2D eigenvalue weighted by atomic mass is 35.5. The first-order valence-electron chi connectivity index (χ1n) is 6.02. The number of benzene rings is 1. The molecular weight excluding hydrogens is 287 g/mol. The average Bonchev–Trinajstić information content (AvgIpc) is 2.29. The number of nitrogens with two attached hydrogens (primary N) is 1. The molecule has 0 atom stereocenters. The zero-order valence-corrected chi connectivity index (χ0v) is 12.5. The molecule has 0 fully saturated rings. The lowest BCUT2D eigenvalue weighted by Crippen LogP contribution is -2.19. The maximum atomic E-state index is 11.7. The maximum Gasteiger partial charge on any atom is 0.250 e. The maximum absolute atomic E-state index is 11.7. The van der Waals surface area contributed by atoms with E-state index in [2.05, 4.69) is 19.2 Å². The van der Waals surface area contributed by atoms with Gasteiger partial charge in [0.1, 0.15) is 6.61 Å². The first-order chi connectivity index (χ1) is 8.90. The van der Waals surface area contributed by atoms with Gasteiger partial charge < -0.3 is 15.8 Å². The molecule has 1 aromatic carbocycles. The second-order valence-corrected chi connectivity index (χ2v) is 5.46. The zero-order valence-electron chi connectivity index (χ0n) is 11.0. The molecule has 0 heterocycles. The first-order valence-corrected chi connectivity index (χ1v) is 6.78. The molecule has 1 aromatic rings. The molecule has 3 N–H and O–H groups in total. The van der Waals surface area contributed by atoms with Crippen LogP contribution in [0.3, 0.4) is 0 Å². The summed E-state index contributed by atoms with van der Waals surface area (Å²) in [7, 11) is 0. The second kappa shape index (κ2) is 7.58. The van der Waals surface area contributed by atoms with Crippen LogP contribution in [0.2, 0.25) is 10.0 Å². The second-order valence-electron chi connectivity index (χ2n) is 4.64. The van der Waals surface area contributed by atoms with Gasteiger partial charge in [-0.1, -0.05) is 37.0 Å². The van der Waals surface area contributed by atoms with Crippen LogP contribution >= 0.6 is 23.2 Å². The minimum atomic E-state index is -0.294. The highest BCUT2D eigenvalue weighted by Crippen LogP contribution is 2.32. The molecule has 0 aromatic heterocycles. The largest absolute Gasteiger partial charge is 0.399 e. The Morgan fingerprint density at radius 3 is 2.47 bits per heavy atom. The number of hydrogen-bond donors (Lipinski definition) is 2. The predicted molar refractivity (Wildman–Crippen MR) is 79.8 cm³/mol. The minimum Gasteiger partial charge on any atom is -0.399 e. The molecule has 0 aliphatic heterocycles. The molecule has 0 radical (unpaired) electrons. The van der Waals surface area contributed by atoms with E-state index >= 15 is 0 Å². The van der Waals surface area contributed by atoms with Gasteiger partial charge in [-0.25, -0.2) is 0 Å². The van der Waals surface area contributed by atoms with E-state index in [0.717, 1.165) is 6.42 Å². The predicted octanol–water partition coefficient (Wildman–Crippen LogP) is 3.58. The Bertz CT molecular complexity index is 427. The van der Waals surface area contributed by atoms with Crippen molar-refractivity contribution in [2.24, 2.45) is 5.92 Å².